The van der Waals surface area contributed by atoms with Crippen LogP contribution in [0.4, 0.5) is 0 Å². The number of rotatable bonds is 7. The van der Waals surface area contributed by atoms with Crippen LogP contribution < -0.4 is 5.32 Å². The van der Waals surface area contributed by atoms with E-state index in [0.29, 0.717) is 6.10 Å². The van der Waals surface area contributed by atoms with E-state index in [4.69, 9.17) is 9.47 Å². The number of amides is 1. The van der Waals surface area contributed by atoms with Gasteiger partial charge in [0.1, 0.15) is 0 Å². The van der Waals surface area contributed by atoms with E-state index in [1.54, 1.807) is 0 Å². The maximum atomic E-state index is 12.4. The van der Waals surface area contributed by atoms with Gasteiger partial charge in [0.2, 0.25) is 0 Å². The van der Waals surface area contributed by atoms with E-state index in [-0.39, 0.29) is 11.9 Å². The van der Waals surface area contributed by atoms with E-state index >= 15 is 0 Å². The Morgan fingerprint density at radius 3 is 2.80 bits per heavy atom. The van der Waals surface area contributed by atoms with Crippen molar-refractivity contribution in [2.75, 3.05) is 39.5 Å². The van der Waals surface area contributed by atoms with Crippen molar-refractivity contribution in [3.8, 4) is 0 Å². The Labute approximate surface area is 150 Å². The third-order valence-corrected chi connectivity index (χ3v) is 5.19. The van der Waals surface area contributed by atoms with Crippen LogP contribution in [0.3, 0.4) is 0 Å². The Hall–Kier alpha value is -1.43. The molecule has 3 rings (SSSR count). The van der Waals surface area contributed by atoms with E-state index in [1.165, 1.54) is 0 Å². The van der Waals surface area contributed by atoms with Crippen molar-refractivity contribution in [2.24, 2.45) is 0 Å². The van der Waals surface area contributed by atoms with Gasteiger partial charge >= 0.3 is 0 Å². The molecule has 1 unspecified atom stereocenters. The van der Waals surface area contributed by atoms with Gasteiger partial charge in [-0.25, -0.2) is 0 Å². The normalized spacial score (nSPS) is 22.2. The van der Waals surface area contributed by atoms with Crippen LogP contribution in [0.2, 0.25) is 0 Å². The molecule has 0 radical (unpaired) electrons. The Morgan fingerprint density at radius 2 is 2.08 bits per heavy atom. The predicted octanol–water partition coefficient (Wildman–Crippen LogP) is 2.38. The quantitative estimate of drug-likeness (QED) is 0.770. The second kappa shape index (κ2) is 9.32. The first-order valence-corrected chi connectivity index (χ1v) is 9.50. The lowest BCUT2D eigenvalue weighted by molar-refractivity contribution is 0.00855. The summed E-state index contributed by atoms with van der Waals surface area (Å²) < 4.78 is 11.3. The molecule has 2 heterocycles. The number of ether oxygens (including phenoxy) is 2. The molecular formula is C20H30N2O3. The number of carbonyl (C=O) groups is 1. The molecule has 2 saturated heterocycles. The SMILES string of the molecule is Cc1ccccc1C(=O)NC1CCN(CCOCC2CCCO2)CC1. The summed E-state index contributed by atoms with van der Waals surface area (Å²) in [6, 6.07) is 8.03. The second-order valence-electron chi connectivity index (χ2n) is 7.11. The zero-order chi connectivity index (χ0) is 17.5. The van der Waals surface area contributed by atoms with Crippen LogP contribution in [-0.2, 0) is 9.47 Å². The molecule has 138 valence electrons. The number of piperidine rings is 1. The van der Waals surface area contributed by atoms with Crippen molar-refractivity contribution in [1.29, 1.82) is 0 Å². The van der Waals surface area contributed by atoms with Crippen molar-refractivity contribution >= 4 is 5.91 Å². The average Bonchev–Trinajstić information content (AvgIpc) is 3.14. The number of nitrogens with zero attached hydrogens (tertiary/aromatic N) is 1. The van der Waals surface area contributed by atoms with Crippen LogP contribution in [0.1, 0.15) is 41.6 Å². The van der Waals surface area contributed by atoms with E-state index in [2.05, 4.69) is 10.2 Å². The smallest absolute Gasteiger partial charge is 0.251 e. The number of likely N-dealkylation sites (tertiary alicyclic amines) is 1. The van der Waals surface area contributed by atoms with Crippen LogP contribution in [0.15, 0.2) is 24.3 Å². The zero-order valence-corrected chi connectivity index (χ0v) is 15.2. The summed E-state index contributed by atoms with van der Waals surface area (Å²) in [5.41, 5.74) is 1.81. The van der Waals surface area contributed by atoms with Gasteiger partial charge in [-0.15, -0.1) is 0 Å². The van der Waals surface area contributed by atoms with Crippen LogP contribution >= 0.6 is 0 Å². The van der Waals surface area contributed by atoms with E-state index in [0.717, 1.165) is 76.3 Å². The minimum Gasteiger partial charge on any atom is -0.377 e. The molecule has 0 aromatic heterocycles. The summed E-state index contributed by atoms with van der Waals surface area (Å²) in [6.45, 7) is 7.35. The zero-order valence-electron chi connectivity index (χ0n) is 15.2. The van der Waals surface area contributed by atoms with Crippen molar-refractivity contribution < 1.29 is 14.3 Å². The van der Waals surface area contributed by atoms with Crippen molar-refractivity contribution in [3.63, 3.8) is 0 Å². The highest BCUT2D eigenvalue weighted by molar-refractivity contribution is 5.95. The number of nitrogens with one attached hydrogen (secondary N) is 1. The van der Waals surface area contributed by atoms with Crippen LogP contribution in [0.5, 0.6) is 0 Å². The highest BCUT2D eigenvalue weighted by Crippen LogP contribution is 2.14. The molecule has 0 spiro atoms. The summed E-state index contributed by atoms with van der Waals surface area (Å²) in [5.74, 6) is 0.0523. The van der Waals surface area contributed by atoms with Crippen molar-refractivity contribution in [3.05, 3.63) is 35.4 Å². The fourth-order valence-corrected chi connectivity index (χ4v) is 3.58. The third-order valence-electron chi connectivity index (χ3n) is 5.19. The summed E-state index contributed by atoms with van der Waals surface area (Å²) in [5, 5.41) is 3.19. The topological polar surface area (TPSA) is 50.8 Å². The average molecular weight is 346 g/mol. The maximum Gasteiger partial charge on any atom is 0.251 e. The first kappa shape index (κ1) is 18.4. The fraction of sp³-hybridized carbons (Fsp3) is 0.650. The molecule has 5 heteroatoms. The monoisotopic (exact) mass is 346 g/mol. The molecule has 0 saturated carbocycles. The van der Waals surface area contributed by atoms with Crippen LogP contribution in [0.25, 0.3) is 0 Å². The lowest BCUT2D eigenvalue weighted by Gasteiger charge is -2.32. The Bertz CT molecular complexity index is 550. The lowest BCUT2D eigenvalue weighted by Crippen LogP contribution is -2.45. The molecule has 2 fully saturated rings. The number of benzene rings is 1. The number of carbonyl (C=O) groups excluding carboxylic acids is 1. The van der Waals surface area contributed by atoms with Gasteiger partial charge in [-0.05, 0) is 44.2 Å². The molecule has 1 aromatic rings. The molecule has 2 aliphatic heterocycles. The standard InChI is InChI=1S/C20H30N2O3/c1-16-5-2-3-7-19(16)20(23)21-17-8-10-22(11-9-17)12-14-24-15-18-6-4-13-25-18/h2-3,5,7,17-18H,4,6,8-15H2,1H3,(H,21,23). The molecule has 2 aliphatic rings. The Kier molecular flexibility index (Phi) is 6.84. The first-order chi connectivity index (χ1) is 12.2. The predicted molar refractivity (Wildman–Crippen MR) is 97.9 cm³/mol. The molecule has 5 nitrogen and oxygen atoms in total. The van der Waals surface area contributed by atoms with E-state index in [1.807, 2.05) is 31.2 Å². The molecule has 1 amide bonds. The van der Waals surface area contributed by atoms with Gasteiger partial charge < -0.3 is 19.7 Å². The number of hydrogen-bond donors (Lipinski definition) is 1. The minimum atomic E-state index is 0.0523. The van der Waals surface area contributed by atoms with Crippen molar-refractivity contribution in [1.82, 2.24) is 10.2 Å². The minimum absolute atomic E-state index is 0.0523. The van der Waals surface area contributed by atoms with Crippen molar-refractivity contribution in [2.45, 2.75) is 44.8 Å². The molecule has 1 N–H and O–H groups in total. The largest absolute Gasteiger partial charge is 0.377 e. The summed E-state index contributed by atoms with van der Waals surface area (Å²) in [6.07, 6.45) is 4.61. The fourth-order valence-electron chi connectivity index (χ4n) is 3.58. The molecule has 0 aliphatic carbocycles. The van der Waals surface area contributed by atoms with E-state index in [9.17, 15) is 4.79 Å². The molecule has 25 heavy (non-hydrogen) atoms. The molecule has 1 atom stereocenters. The van der Waals surface area contributed by atoms with Gasteiger partial charge in [0.15, 0.2) is 0 Å². The van der Waals surface area contributed by atoms with E-state index < -0.39 is 0 Å². The molecule has 0 bridgehead atoms. The van der Waals surface area contributed by atoms with Gasteiger partial charge in [0.05, 0.1) is 19.3 Å². The molecule has 1 aromatic carbocycles. The summed E-state index contributed by atoms with van der Waals surface area (Å²) in [4.78, 5) is 14.8. The summed E-state index contributed by atoms with van der Waals surface area (Å²) >= 11 is 0. The Morgan fingerprint density at radius 1 is 1.28 bits per heavy atom. The highest BCUT2D eigenvalue weighted by Gasteiger charge is 2.21. The van der Waals surface area contributed by atoms with Gasteiger partial charge in [-0.3, -0.25) is 4.79 Å². The maximum absolute atomic E-state index is 12.4. The number of hydrogen-bond acceptors (Lipinski definition) is 4. The summed E-state index contributed by atoms with van der Waals surface area (Å²) in [7, 11) is 0. The van der Waals surface area contributed by atoms with Gasteiger partial charge in [-0.1, -0.05) is 18.2 Å². The van der Waals surface area contributed by atoms with Gasteiger partial charge in [0, 0.05) is 37.8 Å². The lowest BCUT2D eigenvalue weighted by atomic mass is 10.0. The molecular weight excluding hydrogens is 316 g/mol. The second-order valence-corrected chi connectivity index (χ2v) is 7.11. The third kappa shape index (κ3) is 5.53. The van der Waals surface area contributed by atoms with Crippen LogP contribution in [0, 0.1) is 6.92 Å². The van der Waals surface area contributed by atoms with Gasteiger partial charge in [0.25, 0.3) is 5.91 Å². The van der Waals surface area contributed by atoms with Gasteiger partial charge in [-0.2, -0.15) is 0 Å². The number of aryl methyl sites for hydroxylation is 1. The Balaban J connectivity index is 1.31. The first-order valence-electron chi connectivity index (χ1n) is 9.50. The highest BCUT2D eigenvalue weighted by atomic mass is 16.5. The van der Waals surface area contributed by atoms with Crippen LogP contribution in [-0.4, -0.2) is 62.4 Å².